The lowest BCUT2D eigenvalue weighted by molar-refractivity contribution is -0.114. The van der Waals surface area contributed by atoms with Crippen LogP contribution >= 0.6 is 11.6 Å². The smallest absolute Gasteiger partial charge is 0.255 e. The lowest BCUT2D eigenvalue weighted by Gasteiger charge is -2.30. The monoisotopic (exact) mass is 365 g/mol. The van der Waals surface area contributed by atoms with Crippen LogP contribution in [0.2, 0.25) is 5.02 Å². The molecule has 2 fully saturated rings. The zero-order valence-corrected chi connectivity index (χ0v) is 15.3. The topological polar surface area (TPSA) is 79.5 Å². The van der Waals surface area contributed by atoms with Gasteiger partial charge in [-0.25, -0.2) is 0 Å². The summed E-state index contributed by atoms with van der Waals surface area (Å²) in [4.78, 5) is 24.1. The molecule has 2 saturated heterocycles. The number of benzene rings is 1. The Bertz CT molecular complexity index is 668. The summed E-state index contributed by atoms with van der Waals surface area (Å²) >= 11 is 6.23. The molecule has 0 saturated carbocycles. The maximum Gasteiger partial charge on any atom is 0.255 e. The standard InChI is InChI=1S/C18H24ClN3O3/c1-3-25-17-9-16(20-10(2)23)15(19)8-14(17)18(24)22-13-6-11-4-5-12(7-13)21-11/h8-9,11-13,21H,3-7H2,1-2H3,(H,20,23)(H,22,24). The van der Waals surface area contributed by atoms with Crippen molar-refractivity contribution >= 4 is 29.1 Å². The number of amides is 2. The van der Waals surface area contributed by atoms with Gasteiger partial charge in [0.1, 0.15) is 5.75 Å². The van der Waals surface area contributed by atoms with E-state index in [9.17, 15) is 9.59 Å². The molecule has 2 unspecified atom stereocenters. The van der Waals surface area contributed by atoms with Crippen molar-refractivity contribution in [2.45, 2.75) is 57.7 Å². The second-order valence-electron chi connectivity index (χ2n) is 6.72. The van der Waals surface area contributed by atoms with E-state index in [-0.39, 0.29) is 17.9 Å². The van der Waals surface area contributed by atoms with Crippen molar-refractivity contribution < 1.29 is 14.3 Å². The largest absolute Gasteiger partial charge is 0.493 e. The van der Waals surface area contributed by atoms with Gasteiger partial charge in [-0.15, -0.1) is 0 Å². The molecule has 25 heavy (non-hydrogen) atoms. The Labute approximate surface area is 152 Å². The molecule has 7 heteroatoms. The van der Waals surface area contributed by atoms with Gasteiger partial charge in [-0.1, -0.05) is 11.6 Å². The van der Waals surface area contributed by atoms with Gasteiger partial charge >= 0.3 is 0 Å². The highest BCUT2D eigenvalue weighted by molar-refractivity contribution is 6.34. The first-order chi connectivity index (χ1) is 12.0. The van der Waals surface area contributed by atoms with Crippen molar-refractivity contribution in [2.75, 3.05) is 11.9 Å². The van der Waals surface area contributed by atoms with Crippen molar-refractivity contribution in [3.63, 3.8) is 0 Å². The van der Waals surface area contributed by atoms with Crippen LogP contribution in [0, 0.1) is 0 Å². The number of anilines is 1. The number of halogens is 1. The lowest BCUT2D eigenvalue weighted by Crippen LogP contribution is -2.48. The Morgan fingerprint density at radius 3 is 2.56 bits per heavy atom. The molecule has 3 rings (SSSR count). The maximum atomic E-state index is 12.8. The molecule has 2 heterocycles. The van der Waals surface area contributed by atoms with Crippen LogP contribution in [0.15, 0.2) is 12.1 Å². The maximum absolute atomic E-state index is 12.8. The van der Waals surface area contributed by atoms with Gasteiger partial charge < -0.3 is 20.7 Å². The number of carbonyl (C=O) groups excluding carboxylic acids is 2. The summed E-state index contributed by atoms with van der Waals surface area (Å²) in [5, 5.41) is 9.64. The van der Waals surface area contributed by atoms with Gasteiger partial charge in [-0.05, 0) is 38.7 Å². The molecule has 2 amide bonds. The molecule has 3 N–H and O–H groups in total. The summed E-state index contributed by atoms with van der Waals surface area (Å²) < 4.78 is 5.60. The first-order valence-electron chi connectivity index (χ1n) is 8.77. The third kappa shape index (κ3) is 4.25. The van der Waals surface area contributed by atoms with E-state index in [0.29, 0.717) is 40.7 Å². The Morgan fingerprint density at radius 2 is 1.96 bits per heavy atom. The average Bonchev–Trinajstić information content (AvgIpc) is 2.88. The fourth-order valence-corrected chi connectivity index (χ4v) is 3.94. The van der Waals surface area contributed by atoms with E-state index in [2.05, 4.69) is 16.0 Å². The number of hydrogen-bond donors (Lipinski definition) is 3. The molecule has 0 spiro atoms. The summed E-state index contributed by atoms with van der Waals surface area (Å²) in [6, 6.07) is 4.33. The van der Waals surface area contributed by atoms with E-state index in [1.54, 1.807) is 12.1 Å². The number of hydrogen-bond acceptors (Lipinski definition) is 4. The fourth-order valence-electron chi connectivity index (χ4n) is 3.73. The minimum Gasteiger partial charge on any atom is -0.493 e. The third-order valence-electron chi connectivity index (χ3n) is 4.73. The summed E-state index contributed by atoms with van der Waals surface area (Å²) in [6.07, 6.45) is 4.25. The predicted octanol–water partition coefficient (Wildman–Crippen LogP) is 2.71. The van der Waals surface area contributed by atoms with Crippen LogP contribution in [0.3, 0.4) is 0 Å². The van der Waals surface area contributed by atoms with Gasteiger partial charge in [0.2, 0.25) is 5.91 Å². The Balaban J connectivity index is 1.78. The number of ether oxygens (including phenoxy) is 1. The Morgan fingerprint density at radius 1 is 1.28 bits per heavy atom. The van der Waals surface area contributed by atoms with E-state index in [1.165, 1.54) is 19.8 Å². The third-order valence-corrected chi connectivity index (χ3v) is 5.05. The normalized spacial score (nSPS) is 24.7. The molecule has 2 bridgehead atoms. The van der Waals surface area contributed by atoms with Crippen LogP contribution in [0.1, 0.15) is 49.9 Å². The molecule has 1 aromatic rings. The lowest BCUT2D eigenvalue weighted by atomic mass is 9.99. The van der Waals surface area contributed by atoms with Crippen molar-refractivity contribution in [1.29, 1.82) is 0 Å². The molecular weight excluding hydrogens is 342 g/mol. The van der Waals surface area contributed by atoms with Crippen molar-refractivity contribution in [1.82, 2.24) is 10.6 Å². The van der Waals surface area contributed by atoms with Gasteiger partial charge in [-0.2, -0.15) is 0 Å². The van der Waals surface area contributed by atoms with Gasteiger partial charge in [0.25, 0.3) is 5.91 Å². The molecule has 2 atom stereocenters. The SMILES string of the molecule is CCOc1cc(NC(C)=O)c(Cl)cc1C(=O)NC1CC2CCC(C1)N2. The number of fused-ring (bicyclic) bond motifs is 2. The summed E-state index contributed by atoms with van der Waals surface area (Å²) in [7, 11) is 0. The van der Waals surface area contributed by atoms with E-state index < -0.39 is 0 Å². The zero-order chi connectivity index (χ0) is 18.0. The molecule has 1 aromatic carbocycles. The van der Waals surface area contributed by atoms with Crippen LogP contribution in [0.5, 0.6) is 5.75 Å². The van der Waals surface area contributed by atoms with Crippen LogP contribution < -0.4 is 20.7 Å². The van der Waals surface area contributed by atoms with Gasteiger partial charge in [0, 0.05) is 31.1 Å². The van der Waals surface area contributed by atoms with Crippen LogP contribution in [0.25, 0.3) is 0 Å². The first-order valence-corrected chi connectivity index (χ1v) is 9.15. The number of rotatable bonds is 5. The van der Waals surface area contributed by atoms with Gasteiger partial charge in [-0.3, -0.25) is 9.59 Å². The molecule has 0 aromatic heterocycles. The summed E-state index contributed by atoms with van der Waals surface area (Å²) in [5.74, 6) is 0.00260. The van der Waals surface area contributed by atoms with E-state index in [1.807, 2.05) is 6.92 Å². The second-order valence-corrected chi connectivity index (χ2v) is 7.13. The van der Waals surface area contributed by atoms with Crippen molar-refractivity contribution in [2.24, 2.45) is 0 Å². The minimum atomic E-state index is -0.230. The number of piperidine rings is 1. The Hall–Kier alpha value is -1.79. The molecule has 6 nitrogen and oxygen atoms in total. The number of carbonyl (C=O) groups is 2. The predicted molar refractivity (Wildman–Crippen MR) is 97.4 cm³/mol. The zero-order valence-electron chi connectivity index (χ0n) is 14.5. The molecular formula is C18H24ClN3O3. The molecule has 0 radical (unpaired) electrons. The van der Waals surface area contributed by atoms with Crippen LogP contribution in [-0.2, 0) is 4.79 Å². The van der Waals surface area contributed by atoms with Crippen molar-refractivity contribution in [3.8, 4) is 5.75 Å². The average molecular weight is 366 g/mol. The summed E-state index contributed by atoms with van der Waals surface area (Å²) in [6.45, 7) is 3.67. The fraction of sp³-hybridized carbons (Fsp3) is 0.556. The van der Waals surface area contributed by atoms with Crippen LogP contribution in [0.4, 0.5) is 5.69 Å². The van der Waals surface area contributed by atoms with Crippen molar-refractivity contribution in [3.05, 3.63) is 22.7 Å². The van der Waals surface area contributed by atoms with Crippen LogP contribution in [-0.4, -0.2) is 36.5 Å². The second kappa shape index (κ2) is 7.62. The number of nitrogens with one attached hydrogen (secondary N) is 3. The summed E-state index contributed by atoms with van der Waals surface area (Å²) in [5.41, 5.74) is 0.834. The van der Waals surface area contributed by atoms with E-state index in [4.69, 9.17) is 16.3 Å². The molecule has 136 valence electrons. The minimum absolute atomic E-state index is 0.162. The van der Waals surface area contributed by atoms with E-state index in [0.717, 1.165) is 12.8 Å². The molecule has 2 aliphatic rings. The van der Waals surface area contributed by atoms with Gasteiger partial charge in [0.05, 0.1) is 22.9 Å². The molecule has 2 aliphatic heterocycles. The quantitative estimate of drug-likeness (QED) is 0.749. The highest BCUT2D eigenvalue weighted by Gasteiger charge is 2.34. The Kier molecular flexibility index (Phi) is 5.49. The molecule has 0 aliphatic carbocycles. The first kappa shape index (κ1) is 18.0. The van der Waals surface area contributed by atoms with Gasteiger partial charge in [0.15, 0.2) is 0 Å². The highest BCUT2D eigenvalue weighted by atomic mass is 35.5. The highest BCUT2D eigenvalue weighted by Crippen LogP contribution is 2.32. The van der Waals surface area contributed by atoms with E-state index >= 15 is 0 Å².